The van der Waals surface area contributed by atoms with E-state index in [1.54, 1.807) is 0 Å². The van der Waals surface area contributed by atoms with Gasteiger partial charge in [-0.25, -0.2) is 0 Å². The summed E-state index contributed by atoms with van der Waals surface area (Å²) in [5.74, 6) is 0. The quantitative estimate of drug-likeness (QED) is 0.644. The topological polar surface area (TPSA) is 0 Å². The summed E-state index contributed by atoms with van der Waals surface area (Å²) in [7, 11) is 3.66. The zero-order chi connectivity index (χ0) is 9.80. The van der Waals surface area contributed by atoms with Gasteiger partial charge in [-0.05, 0) is 16.3 Å². The maximum atomic E-state index is 3.66. The lowest BCUT2D eigenvalue weighted by Crippen LogP contribution is -2.02. The number of benzene rings is 2. The van der Waals surface area contributed by atoms with Crippen molar-refractivity contribution in [3.05, 3.63) is 71.8 Å². The van der Waals surface area contributed by atoms with E-state index in [0.717, 1.165) is 5.17 Å². The minimum absolute atomic E-state index is 1.13. The van der Waals surface area contributed by atoms with E-state index in [1.165, 1.54) is 11.1 Å². The summed E-state index contributed by atoms with van der Waals surface area (Å²) in [6, 6.07) is 20.6. The monoisotopic (exact) mass is 194 g/mol. The van der Waals surface area contributed by atoms with Crippen LogP contribution in [0.5, 0.6) is 0 Å². The van der Waals surface area contributed by atoms with Crippen molar-refractivity contribution in [2.75, 3.05) is 0 Å². The second kappa shape index (κ2) is 4.16. The molecule has 0 atom stereocenters. The molecule has 2 aromatic rings. The maximum Gasteiger partial charge on any atom is 0.0419 e. The van der Waals surface area contributed by atoms with Gasteiger partial charge >= 0.3 is 0 Å². The minimum Gasteiger partial charge on any atom is -0.0622 e. The molecule has 14 heavy (non-hydrogen) atoms. The highest BCUT2D eigenvalue weighted by atomic mass is 28.1. The second-order valence-electron chi connectivity index (χ2n) is 3.11. The van der Waals surface area contributed by atoms with Gasteiger partial charge in [0, 0.05) is 9.85 Å². The molecule has 0 amide bonds. The van der Waals surface area contributed by atoms with Crippen molar-refractivity contribution >= 4 is 15.0 Å². The van der Waals surface area contributed by atoms with Gasteiger partial charge in [-0.15, -0.1) is 0 Å². The van der Waals surface area contributed by atoms with Crippen LogP contribution < -0.4 is 0 Å². The second-order valence-corrected chi connectivity index (χ2v) is 3.61. The Morgan fingerprint density at radius 3 is 1.36 bits per heavy atom. The van der Waals surface area contributed by atoms with Crippen molar-refractivity contribution in [3.63, 3.8) is 0 Å². The molecule has 2 aromatic carbocycles. The average Bonchev–Trinajstić information content (AvgIpc) is 2.30. The van der Waals surface area contributed by atoms with E-state index in [9.17, 15) is 0 Å². The highest BCUT2D eigenvalue weighted by Gasteiger charge is 1.99. The Balaban J connectivity index is 2.35. The number of hydrogen-bond acceptors (Lipinski definition) is 0. The normalized spacial score (nSPS) is 9.71. The molecule has 0 heterocycles. The van der Waals surface area contributed by atoms with Crippen molar-refractivity contribution in [3.8, 4) is 0 Å². The fourth-order valence-corrected chi connectivity index (χ4v) is 1.71. The fraction of sp³-hybridized carbons (Fsp3) is 0. The first-order chi connectivity index (χ1) is 6.88. The number of rotatable bonds is 2. The molecular formula is C13H10Si. The van der Waals surface area contributed by atoms with Gasteiger partial charge in [0.25, 0.3) is 0 Å². The molecule has 0 spiro atoms. The lowest BCUT2D eigenvalue weighted by molar-refractivity contribution is 1.62. The van der Waals surface area contributed by atoms with Crippen LogP contribution in [0.2, 0.25) is 0 Å². The first kappa shape index (κ1) is 9.10. The van der Waals surface area contributed by atoms with Gasteiger partial charge in [0.05, 0.1) is 0 Å². The fourth-order valence-electron chi connectivity index (χ4n) is 1.38. The van der Waals surface area contributed by atoms with Crippen LogP contribution in [0.15, 0.2) is 60.7 Å². The van der Waals surface area contributed by atoms with Gasteiger partial charge in [-0.1, -0.05) is 60.7 Å². The van der Waals surface area contributed by atoms with E-state index in [-0.39, 0.29) is 0 Å². The molecule has 0 N–H and O–H groups in total. The van der Waals surface area contributed by atoms with Gasteiger partial charge < -0.3 is 0 Å². The van der Waals surface area contributed by atoms with Crippen molar-refractivity contribution < 1.29 is 0 Å². The molecule has 2 radical (unpaired) electrons. The Kier molecular flexibility index (Phi) is 2.70. The Morgan fingerprint density at radius 1 is 0.643 bits per heavy atom. The van der Waals surface area contributed by atoms with Gasteiger partial charge in [-0.2, -0.15) is 0 Å². The summed E-state index contributed by atoms with van der Waals surface area (Å²) in [4.78, 5) is 0. The first-order valence-electron chi connectivity index (χ1n) is 4.57. The van der Waals surface area contributed by atoms with Crippen molar-refractivity contribution in [2.24, 2.45) is 0 Å². The molecule has 0 fully saturated rings. The Labute approximate surface area is 87.3 Å². The van der Waals surface area contributed by atoms with Crippen LogP contribution in [0, 0.1) is 0 Å². The van der Waals surface area contributed by atoms with Gasteiger partial charge in [-0.3, -0.25) is 0 Å². The molecule has 0 aromatic heterocycles. The third kappa shape index (κ3) is 1.88. The van der Waals surface area contributed by atoms with E-state index in [4.69, 9.17) is 0 Å². The molecule has 0 aliphatic rings. The molecule has 0 saturated heterocycles. The van der Waals surface area contributed by atoms with E-state index in [0.29, 0.717) is 0 Å². The molecular weight excluding hydrogens is 184 g/mol. The van der Waals surface area contributed by atoms with Crippen molar-refractivity contribution in [2.45, 2.75) is 0 Å². The zero-order valence-corrected chi connectivity index (χ0v) is 8.77. The van der Waals surface area contributed by atoms with Crippen LogP contribution in [0.1, 0.15) is 11.1 Å². The third-order valence-electron chi connectivity index (χ3n) is 2.12. The van der Waals surface area contributed by atoms with E-state index >= 15 is 0 Å². The molecule has 0 aliphatic carbocycles. The summed E-state index contributed by atoms with van der Waals surface area (Å²) < 4.78 is 0. The highest BCUT2D eigenvalue weighted by Crippen LogP contribution is 2.07. The largest absolute Gasteiger partial charge is 0.0622 e. The molecule has 0 bridgehead atoms. The van der Waals surface area contributed by atoms with E-state index in [1.807, 2.05) is 36.4 Å². The molecule has 66 valence electrons. The lowest BCUT2D eigenvalue weighted by atomic mass is 10.1. The van der Waals surface area contributed by atoms with Crippen LogP contribution in [0.3, 0.4) is 0 Å². The Morgan fingerprint density at radius 2 is 1.00 bits per heavy atom. The average molecular weight is 194 g/mol. The van der Waals surface area contributed by atoms with E-state index in [2.05, 4.69) is 34.1 Å². The Hall–Kier alpha value is -1.47. The predicted molar refractivity (Wildman–Crippen MR) is 61.8 cm³/mol. The maximum absolute atomic E-state index is 3.66. The smallest absolute Gasteiger partial charge is 0.0419 e. The van der Waals surface area contributed by atoms with Gasteiger partial charge in [0.15, 0.2) is 0 Å². The standard InChI is InChI=1S/C13H10Si/c14-13(11-7-3-1-4-8-11)12-9-5-2-6-10-12/h1-10H. The van der Waals surface area contributed by atoms with Crippen LogP contribution in [0.25, 0.3) is 0 Å². The predicted octanol–water partition coefficient (Wildman–Crippen LogP) is 2.42. The summed E-state index contributed by atoms with van der Waals surface area (Å²) in [5, 5.41) is 1.13. The summed E-state index contributed by atoms with van der Waals surface area (Å²) in [6.45, 7) is 0. The SMILES string of the molecule is [Si]=C(c1ccccc1)c1ccccc1. The third-order valence-corrected chi connectivity index (χ3v) is 2.70. The highest BCUT2D eigenvalue weighted by molar-refractivity contribution is 6.49. The zero-order valence-electron chi connectivity index (χ0n) is 7.77. The van der Waals surface area contributed by atoms with Crippen LogP contribution >= 0.6 is 0 Å². The summed E-state index contributed by atoms with van der Waals surface area (Å²) in [5.41, 5.74) is 2.41. The van der Waals surface area contributed by atoms with Gasteiger partial charge in [0.2, 0.25) is 0 Å². The lowest BCUT2D eigenvalue weighted by Gasteiger charge is -2.05. The molecule has 0 nitrogen and oxygen atoms in total. The molecule has 2 rings (SSSR count). The Bertz CT molecular complexity index is 376. The van der Waals surface area contributed by atoms with Crippen molar-refractivity contribution in [1.29, 1.82) is 0 Å². The van der Waals surface area contributed by atoms with Crippen LogP contribution in [0.4, 0.5) is 0 Å². The van der Waals surface area contributed by atoms with Crippen LogP contribution in [-0.2, 0) is 0 Å². The van der Waals surface area contributed by atoms with Crippen LogP contribution in [-0.4, -0.2) is 15.0 Å². The molecule has 0 saturated carbocycles. The van der Waals surface area contributed by atoms with Gasteiger partial charge in [0.1, 0.15) is 0 Å². The van der Waals surface area contributed by atoms with E-state index < -0.39 is 0 Å². The first-order valence-corrected chi connectivity index (χ1v) is 5.07. The molecule has 0 unspecified atom stereocenters. The minimum atomic E-state index is 1.13. The molecule has 1 heteroatoms. The van der Waals surface area contributed by atoms with Crippen molar-refractivity contribution in [1.82, 2.24) is 0 Å². The summed E-state index contributed by atoms with van der Waals surface area (Å²) in [6.07, 6.45) is 0. The molecule has 0 aliphatic heterocycles. The number of hydrogen-bond donors (Lipinski definition) is 0. The summed E-state index contributed by atoms with van der Waals surface area (Å²) >= 11 is 0.